The summed E-state index contributed by atoms with van der Waals surface area (Å²) in [5.74, 6) is 0.674. The summed E-state index contributed by atoms with van der Waals surface area (Å²) < 4.78 is 20.9. The highest BCUT2D eigenvalue weighted by Gasteiger charge is 2.09. The zero-order valence-corrected chi connectivity index (χ0v) is 10.3. The van der Waals surface area contributed by atoms with Crippen LogP contribution in [0.15, 0.2) is 30.6 Å². The van der Waals surface area contributed by atoms with Crippen molar-refractivity contribution in [2.75, 3.05) is 0 Å². The molecule has 18 heavy (non-hydrogen) atoms. The minimum atomic E-state index is -0.351. The van der Waals surface area contributed by atoms with Gasteiger partial charge in [-0.2, -0.15) is 5.10 Å². The van der Waals surface area contributed by atoms with Gasteiger partial charge in [0.2, 0.25) is 0 Å². The van der Waals surface area contributed by atoms with Crippen LogP contribution in [0.2, 0.25) is 0 Å². The van der Waals surface area contributed by atoms with Crippen LogP contribution in [0.3, 0.4) is 0 Å². The van der Waals surface area contributed by atoms with Crippen LogP contribution in [0.1, 0.15) is 18.9 Å². The Bertz CT molecular complexity index is 525. The average Bonchev–Trinajstić information content (AvgIpc) is 2.77. The fourth-order valence-electron chi connectivity index (χ4n) is 1.71. The van der Waals surface area contributed by atoms with Crippen molar-refractivity contribution in [3.8, 4) is 11.5 Å². The minimum absolute atomic E-state index is 0.102. The van der Waals surface area contributed by atoms with Crippen molar-refractivity contribution in [3.05, 3.63) is 42.0 Å². The average molecular weight is 249 g/mol. The summed E-state index contributed by atoms with van der Waals surface area (Å²) >= 11 is 0. The molecular formula is C13H16FN3O. The van der Waals surface area contributed by atoms with Crippen LogP contribution in [0.4, 0.5) is 4.39 Å². The number of rotatable bonds is 5. The standard InChI is InChI=1S/C13H16FN3O/c1-2-6-17-9-10(8-16-17)18-13-5-3-4-12(14)11(13)7-15/h3-5,8-9H,2,6-7,15H2,1H3. The van der Waals surface area contributed by atoms with Gasteiger partial charge in [0.05, 0.1) is 12.4 Å². The van der Waals surface area contributed by atoms with Crippen molar-refractivity contribution in [3.63, 3.8) is 0 Å². The van der Waals surface area contributed by atoms with Gasteiger partial charge in [0, 0.05) is 18.7 Å². The van der Waals surface area contributed by atoms with Crippen molar-refractivity contribution >= 4 is 0 Å². The van der Waals surface area contributed by atoms with Crippen molar-refractivity contribution in [2.24, 2.45) is 5.73 Å². The maximum atomic E-state index is 13.5. The van der Waals surface area contributed by atoms with Crippen molar-refractivity contribution < 1.29 is 9.13 Å². The molecule has 1 heterocycles. The molecule has 96 valence electrons. The van der Waals surface area contributed by atoms with Gasteiger partial charge in [0.25, 0.3) is 0 Å². The first-order valence-electron chi connectivity index (χ1n) is 5.92. The lowest BCUT2D eigenvalue weighted by Gasteiger charge is -2.08. The molecule has 2 rings (SSSR count). The third-order valence-corrected chi connectivity index (χ3v) is 2.57. The Balaban J connectivity index is 2.20. The Kier molecular flexibility index (Phi) is 3.94. The number of nitrogens with zero attached hydrogens (tertiary/aromatic N) is 2. The Morgan fingerprint density at radius 3 is 3.00 bits per heavy atom. The first kappa shape index (κ1) is 12.6. The second-order valence-corrected chi connectivity index (χ2v) is 3.96. The molecule has 0 radical (unpaired) electrons. The highest BCUT2D eigenvalue weighted by molar-refractivity contribution is 5.37. The van der Waals surface area contributed by atoms with Gasteiger partial charge >= 0.3 is 0 Å². The molecule has 0 aliphatic heterocycles. The lowest BCUT2D eigenvalue weighted by molar-refractivity contribution is 0.465. The van der Waals surface area contributed by atoms with Crippen molar-refractivity contribution in [2.45, 2.75) is 26.4 Å². The molecule has 0 amide bonds. The van der Waals surface area contributed by atoms with E-state index in [-0.39, 0.29) is 12.4 Å². The molecular weight excluding hydrogens is 233 g/mol. The number of halogens is 1. The van der Waals surface area contributed by atoms with Gasteiger partial charge in [-0.3, -0.25) is 4.68 Å². The summed E-state index contributed by atoms with van der Waals surface area (Å²) in [7, 11) is 0. The first-order chi connectivity index (χ1) is 8.74. The summed E-state index contributed by atoms with van der Waals surface area (Å²) in [6.45, 7) is 3.00. The number of aromatic nitrogens is 2. The van der Waals surface area contributed by atoms with Gasteiger partial charge in [-0.05, 0) is 18.6 Å². The summed E-state index contributed by atoms with van der Waals surface area (Å²) in [5, 5.41) is 4.15. The number of hydrogen-bond acceptors (Lipinski definition) is 3. The van der Waals surface area contributed by atoms with Crippen LogP contribution >= 0.6 is 0 Å². The normalized spacial score (nSPS) is 10.6. The molecule has 0 saturated carbocycles. The Hall–Kier alpha value is -1.88. The maximum absolute atomic E-state index is 13.5. The van der Waals surface area contributed by atoms with Crippen LogP contribution in [0.5, 0.6) is 11.5 Å². The largest absolute Gasteiger partial charge is 0.454 e. The molecule has 0 bridgehead atoms. The smallest absolute Gasteiger partial charge is 0.165 e. The van der Waals surface area contributed by atoms with E-state index in [4.69, 9.17) is 10.5 Å². The number of ether oxygens (including phenoxy) is 1. The molecule has 0 saturated heterocycles. The molecule has 5 heteroatoms. The molecule has 0 spiro atoms. The van der Waals surface area contributed by atoms with Crippen LogP contribution in [-0.4, -0.2) is 9.78 Å². The van der Waals surface area contributed by atoms with E-state index in [1.54, 1.807) is 29.2 Å². The highest BCUT2D eigenvalue weighted by Crippen LogP contribution is 2.26. The highest BCUT2D eigenvalue weighted by atomic mass is 19.1. The van der Waals surface area contributed by atoms with Gasteiger partial charge in [0.1, 0.15) is 11.6 Å². The molecule has 1 aromatic heterocycles. The lowest BCUT2D eigenvalue weighted by Crippen LogP contribution is -2.02. The third-order valence-electron chi connectivity index (χ3n) is 2.57. The van der Waals surface area contributed by atoms with Crippen molar-refractivity contribution in [1.82, 2.24) is 9.78 Å². The lowest BCUT2D eigenvalue weighted by atomic mass is 10.2. The number of aryl methyl sites for hydroxylation is 1. The van der Waals surface area contributed by atoms with E-state index >= 15 is 0 Å². The number of nitrogens with two attached hydrogens (primary N) is 1. The molecule has 2 aromatic rings. The van der Waals surface area contributed by atoms with Gasteiger partial charge < -0.3 is 10.5 Å². The Morgan fingerprint density at radius 2 is 2.28 bits per heavy atom. The predicted octanol–water partition coefficient (Wildman–Crippen LogP) is 2.68. The summed E-state index contributed by atoms with van der Waals surface area (Å²) in [6, 6.07) is 4.66. The van der Waals surface area contributed by atoms with Crippen LogP contribution in [0.25, 0.3) is 0 Å². The Morgan fingerprint density at radius 1 is 1.44 bits per heavy atom. The topological polar surface area (TPSA) is 53.1 Å². The fraction of sp³-hybridized carbons (Fsp3) is 0.308. The van der Waals surface area contributed by atoms with E-state index in [9.17, 15) is 4.39 Å². The molecule has 0 aliphatic carbocycles. The summed E-state index contributed by atoms with van der Waals surface area (Å²) in [5.41, 5.74) is 5.89. The third kappa shape index (κ3) is 2.68. The molecule has 4 nitrogen and oxygen atoms in total. The second kappa shape index (κ2) is 5.64. The van der Waals surface area contributed by atoms with Crippen LogP contribution in [0, 0.1) is 5.82 Å². The summed E-state index contributed by atoms with van der Waals surface area (Å²) in [6.07, 6.45) is 4.39. The monoisotopic (exact) mass is 249 g/mol. The first-order valence-corrected chi connectivity index (χ1v) is 5.92. The zero-order chi connectivity index (χ0) is 13.0. The van der Waals surface area contributed by atoms with Gasteiger partial charge in [-0.15, -0.1) is 0 Å². The second-order valence-electron chi connectivity index (χ2n) is 3.96. The molecule has 0 fully saturated rings. The summed E-state index contributed by atoms with van der Waals surface area (Å²) in [4.78, 5) is 0. The van der Waals surface area contributed by atoms with Crippen molar-refractivity contribution in [1.29, 1.82) is 0 Å². The van der Waals surface area contributed by atoms with E-state index in [0.717, 1.165) is 13.0 Å². The van der Waals surface area contributed by atoms with E-state index < -0.39 is 0 Å². The molecule has 2 N–H and O–H groups in total. The van der Waals surface area contributed by atoms with Crippen LogP contribution < -0.4 is 10.5 Å². The predicted molar refractivity (Wildman–Crippen MR) is 66.9 cm³/mol. The molecule has 0 aliphatic rings. The minimum Gasteiger partial charge on any atom is -0.454 e. The van der Waals surface area contributed by atoms with Crippen LogP contribution in [-0.2, 0) is 13.1 Å². The van der Waals surface area contributed by atoms with E-state index in [2.05, 4.69) is 12.0 Å². The fourth-order valence-corrected chi connectivity index (χ4v) is 1.71. The van der Waals surface area contributed by atoms with E-state index in [0.29, 0.717) is 17.1 Å². The zero-order valence-electron chi connectivity index (χ0n) is 10.3. The van der Waals surface area contributed by atoms with Gasteiger partial charge in [0.15, 0.2) is 5.75 Å². The maximum Gasteiger partial charge on any atom is 0.165 e. The van der Waals surface area contributed by atoms with E-state index in [1.807, 2.05) is 0 Å². The quantitative estimate of drug-likeness (QED) is 0.886. The SMILES string of the molecule is CCCn1cc(Oc2cccc(F)c2CN)cn1. The molecule has 0 unspecified atom stereocenters. The molecule has 1 aromatic carbocycles. The Labute approximate surface area is 105 Å². The van der Waals surface area contributed by atoms with E-state index in [1.165, 1.54) is 6.07 Å². The number of benzene rings is 1. The molecule has 0 atom stereocenters. The van der Waals surface area contributed by atoms with Gasteiger partial charge in [-0.1, -0.05) is 13.0 Å². The van der Waals surface area contributed by atoms with Gasteiger partial charge in [-0.25, -0.2) is 4.39 Å². The number of hydrogen-bond donors (Lipinski definition) is 1.